The Morgan fingerprint density at radius 1 is 1.31 bits per heavy atom. The van der Waals surface area contributed by atoms with Gasteiger partial charge in [0.05, 0.1) is 6.07 Å². The summed E-state index contributed by atoms with van der Waals surface area (Å²) in [4.78, 5) is 31.0. The van der Waals surface area contributed by atoms with Crippen LogP contribution in [0, 0.1) is 10.1 Å². The van der Waals surface area contributed by atoms with Gasteiger partial charge < -0.3 is 15.9 Å². The number of furan rings is 1. The van der Waals surface area contributed by atoms with Gasteiger partial charge in [0, 0.05) is 0 Å². The number of carbonyl (C=O) groups excluding carboxylic acids is 2. The van der Waals surface area contributed by atoms with E-state index in [1.165, 1.54) is 6.07 Å². The number of hydrogen-bond donors (Lipinski definition) is 2. The van der Waals surface area contributed by atoms with Crippen LogP contribution in [0.2, 0.25) is 0 Å². The van der Waals surface area contributed by atoms with Crippen LogP contribution in [0.3, 0.4) is 0 Å². The molecule has 1 rings (SSSR count). The Hall–Kier alpha value is -2.64. The third-order valence-corrected chi connectivity index (χ3v) is 1.61. The second-order valence-electron chi connectivity index (χ2n) is 2.72. The summed E-state index contributed by atoms with van der Waals surface area (Å²) in [5.74, 6) is -2.64. The zero-order chi connectivity index (χ0) is 12.3. The summed E-state index contributed by atoms with van der Waals surface area (Å²) in [6, 6.07) is 2.29. The Morgan fingerprint density at radius 3 is 2.25 bits per heavy atom. The average molecular weight is 225 g/mol. The number of nitro groups is 1. The van der Waals surface area contributed by atoms with Gasteiger partial charge in [-0.15, -0.1) is 0 Å². The first-order chi connectivity index (χ1) is 7.41. The van der Waals surface area contributed by atoms with E-state index in [0.29, 0.717) is 0 Å². The average Bonchev–Trinajstić information content (AvgIpc) is 2.61. The van der Waals surface area contributed by atoms with Crippen molar-refractivity contribution < 1.29 is 18.9 Å². The van der Waals surface area contributed by atoms with E-state index in [9.17, 15) is 19.7 Å². The standard InChI is InChI=1S/C8H7N3O5/c9-7(12)5(8(10)13)3-4-1-2-6(16-4)11(14)15/h1-3H,(H2,9,12)(H2,10,13). The van der Waals surface area contributed by atoms with E-state index < -0.39 is 28.2 Å². The van der Waals surface area contributed by atoms with Crippen LogP contribution in [0.1, 0.15) is 5.76 Å². The molecule has 0 saturated heterocycles. The Bertz CT molecular complexity index is 472. The summed E-state index contributed by atoms with van der Waals surface area (Å²) in [6.07, 6.45) is 0.942. The minimum atomic E-state index is -1.04. The smallest absolute Gasteiger partial charge is 0.401 e. The van der Waals surface area contributed by atoms with Gasteiger partial charge in [-0.1, -0.05) is 0 Å². The number of rotatable bonds is 4. The molecule has 0 aliphatic heterocycles. The first-order valence-corrected chi connectivity index (χ1v) is 3.97. The number of primary amides is 2. The molecule has 0 bridgehead atoms. The Labute approximate surface area is 88.7 Å². The highest BCUT2D eigenvalue weighted by molar-refractivity contribution is 6.20. The maximum absolute atomic E-state index is 10.8. The van der Waals surface area contributed by atoms with Gasteiger partial charge in [-0.05, 0) is 12.1 Å². The highest BCUT2D eigenvalue weighted by Gasteiger charge is 2.15. The van der Waals surface area contributed by atoms with Crippen molar-refractivity contribution in [2.24, 2.45) is 11.5 Å². The van der Waals surface area contributed by atoms with Crippen molar-refractivity contribution in [1.82, 2.24) is 0 Å². The molecule has 0 aliphatic rings. The minimum Gasteiger partial charge on any atom is -0.401 e. The third kappa shape index (κ3) is 2.44. The first-order valence-electron chi connectivity index (χ1n) is 3.97. The molecule has 4 N–H and O–H groups in total. The quantitative estimate of drug-likeness (QED) is 0.234. The first kappa shape index (κ1) is 11.4. The van der Waals surface area contributed by atoms with Gasteiger partial charge in [0.25, 0.3) is 11.8 Å². The van der Waals surface area contributed by atoms with Gasteiger partial charge in [0.2, 0.25) is 0 Å². The number of hydrogen-bond acceptors (Lipinski definition) is 5. The molecule has 16 heavy (non-hydrogen) atoms. The molecule has 0 aliphatic carbocycles. The van der Waals surface area contributed by atoms with Gasteiger partial charge in [-0.3, -0.25) is 19.7 Å². The van der Waals surface area contributed by atoms with Gasteiger partial charge >= 0.3 is 5.88 Å². The van der Waals surface area contributed by atoms with Crippen LogP contribution in [0.4, 0.5) is 5.88 Å². The van der Waals surface area contributed by atoms with Gasteiger partial charge in [-0.25, -0.2) is 0 Å². The highest BCUT2D eigenvalue weighted by atomic mass is 16.6. The van der Waals surface area contributed by atoms with E-state index in [4.69, 9.17) is 11.5 Å². The van der Waals surface area contributed by atoms with Crippen LogP contribution in [0.15, 0.2) is 22.1 Å². The second kappa shape index (κ2) is 4.26. The number of carbonyl (C=O) groups is 2. The van der Waals surface area contributed by atoms with Crippen molar-refractivity contribution in [3.63, 3.8) is 0 Å². The minimum absolute atomic E-state index is 0.0562. The fourth-order valence-corrected chi connectivity index (χ4v) is 0.924. The summed E-state index contributed by atoms with van der Waals surface area (Å²) in [7, 11) is 0. The lowest BCUT2D eigenvalue weighted by molar-refractivity contribution is -0.402. The molecular formula is C8H7N3O5. The summed E-state index contributed by atoms with van der Waals surface area (Å²) < 4.78 is 4.68. The molecule has 0 saturated carbocycles. The molecule has 0 spiro atoms. The van der Waals surface area contributed by atoms with E-state index >= 15 is 0 Å². The topological polar surface area (TPSA) is 142 Å². The molecule has 8 nitrogen and oxygen atoms in total. The molecule has 1 aromatic rings. The van der Waals surface area contributed by atoms with Crippen LogP contribution in [-0.4, -0.2) is 16.7 Å². The van der Waals surface area contributed by atoms with Crippen LogP contribution >= 0.6 is 0 Å². The monoisotopic (exact) mass is 225 g/mol. The fourth-order valence-electron chi connectivity index (χ4n) is 0.924. The molecule has 2 amide bonds. The predicted octanol–water partition coefficient (Wildman–Crippen LogP) is -0.458. The molecule has 8 heteroatoms. The van der Waals surface area contributed by atoms with Gasteiger partial charge in [-0.2, -0.15) is 0 Å². The number of amides is 2. The molecular weight excluding hydrogens is 218 g/mol. The van der Waals surface area contributed by atoms with Gasteiger partial charge in [0.1, 0.15) is 16.3 Å². The summed E-state index contributed by atoms with van der Waals surface area (Å²) in [5, 5.41) is 10.3. The summed E-state index contributed by atoms with van der Waals surface area (Å²) in [6.45, 7) is 0. The van der Waals surface area contributed by atoms with E-state index in [-0.39, 0.29) is 5.76 Å². The molecule has 0 radical (unpaired) electrons. The lowest BCUT2D eigenvalue weighted by Gasteiger charge is -1.94. The van der Waals surface area contributed by atoms with E-state index in [1.807, 2.05) is 0 Å². The third-order valence-electron chi connectivity index (χ3n) is 1.61. The molecule has 1 aromatic heterocycles. The lowest BCUT2D eigenvalue weighted by Crippen LogP contribution is -2.25. The summed E-state index contributed by atoms with van der Waals surface area (Å²) in [5.41, 5.74) is 9.24. The highest BCUT2D eigenvalue weighted by Crippen LogP contribution is 2.17. The number of nitrogens with zero attached hydrogens (tertiary/aromatic N) is 1. The van der Waals surface area contributed by atoms with Crippen molar-refractivity contribution in [3.8, 4) is 0 Å². The maximum Gasteiger partial charge on any atom is 0.433 e. The van der Waals surface area contributed by atoms with E-state index in [0.717, 1.165) is 12.1 Å². The predicted molar refractivity (Wildman–Crippen MR) is 51.7 cm³/mol. The Balaban J connectivity index is 3.09. The van der Waals surface area contributed by atoms with Crippen molar-refractivity contribution >= 4 is 23.8 Å². The van der Waals surface area contributed by atoms with Crippen molar-refractivity contribution in [2.45, 2.75) is 0 Å². The van der Waals surface area contributed by atoms with Crippen LogP contribution < -0.4 is 11.5 Å². The van der Waals surface area contributed by atoms with Crippen LogP contribution in [-0.2, 0) is 9.59 Å². The second-order valence-corrected chi connectivity index (χ2v) is 2.72. The zero-order valence-corrected chi connectivity index (χ0v) is 7.88. The molecule has 84 valence electrons. The number of nitrogens with two attached hydrogens (primary N) is 2. The van der Waals surface area contributed by atoms with Gasteiger partial charge in [0.15, 0.2) is 0 Å². The van der Waals surface area contributed by atoms with Crippen LogP contribution in [0.5, 0.6) is 0 Å². The van der Waals surface area contributed by atoms with Crippen LogP contribution in [0.25, 0.3) is 6.08 Å². The van der Waals surface area contributed by atoms with E-state index in [2.05, 4.69) is 4.42 Å². The van der Waals surface area contributed by atoms with Crippen molar-refractivity contribution in [3.05, 3.63) is 33.6 Å². The molecule has 0 fully saturated rings. The lowest BCUT2D eigenvalue weighted by atomic mass is 10.2. The largest absolute Gasteiger partial charge is 0.433 e. The zero-order valence-electron chi connectivity index (χ0n) is 7.88. The SMILES string of the molecule is NC(=O)C(=Cc1ccc([N+](=O)[O-])o1)C(N)=O. The normalized spacial score (nSPS) is 9.50. The fraction of sp³-hybridized carbons (Fsp3) is 0. The summed E-state index contributed by atoms with van der Waals surface area (Å²) >= 11 is 0. The molecule has 0 unspecified atom stereocenters. The molecule has 0 aromatic carbocycles. The molecule has 1 heterocycles. The van der Waals surface area contributed by atoms with E-state index in [1.54, 1.807) is 0 Å². The maximum atomic E-state index is 10.8. The molecule has 0 atom stereocenters. The van der Waals surface area contributed by atoms with Crippen molar-refractivity contribution in [2.75, 3.05) is 0 Å². The van der Waals surface area contributed by atoms with Crippen molar-refractivity contribution in [1.29, 1.82) is 0 Å². The Morgan fingerprint density at radius 2 is 1.88 bits per heavy atom. The Kier molecular flexibility index (Phi) is 3.04.